The number of aliphatic carboxylic acids is 1. The third-order valence-corrected chi connectivity index (χ3v) is 3.65. The summed E-state index contributed by atoms with van der Waals surface area (Å²) in [6, 6.07) is 0.395. The van der Waals surface area contributed by atoms with E-state index in [9.17, 15) is 9.90 Å². The number of aromatic nitrogens is 2. The number of imidazole rings is 1. The van der Waals surface area contributed by atoms with Crippen LogP contribution in [0.4, 0.5) is 0 Å². The van der Waals surface area contributed by atoms with Crippen molar-refractivity contribution in [3.05, 3.63) is 18.7 Å². The number of nitrogens with zero attached hydrogens (tertiary/aromatic N) is 2. The van der Waals surface area contributed by atoms with E-state index >= 15 is 0 Å². The highest BCUT2D eigenvalue weighted by molar-refractivity contribution is 5.79. The number of hydrogen-bond acceptors (Lipinski definition) is 3. The summed E-state index contributed by atoms with van der Waals surface area (Å²) >= 11 is 0. The van der Waals surface area contributed by atoms with Gasteiger partial charge in [0.15, 0.2) is 0 Å². The van der Waals surface area contributed by atoms with Gasteiger partial charge < -0.3 is 9.67 Å². The van der Waals surface area contributed by atoms with Crippen LogP contribution in [0.3, 0.4) is 0 Å². The molecular weight excluding hydrogens is 230 g/mol. The highest BCUT2D eigenvalue weighted by Crippen LogP contribution is 2.36. The Morgan fingerprint density at radius 1 is 1.61 bits per heavy atom. The summed E-state index contributed by atoms with van der Waals surface area (Å²) in [5.41, 5.74) is -0.790. The Hall–Kier alpha value is -1.36. The van der Waals surface area contributed by atoms with E-state index in [0.717, 1.165) is 12.8 Å². The average Bonchev–Trinajstić information content (AvgIpc) is 2.81. The Labute approximate surface area is 107 Å². The molecule has 0 saturated heterocycles. The topological polar surface area (TPSA) is 67.2 Å². The molecule has 1 aromatic rings. The fraction of sp³-hybridized carbons (Fsp3) is 0.692. The summed E-state index contributed by atoms with van der Waals surface area (Å²) in [4.78, 5) is 15.7. The lowest BCUT2D eigenvalue weighted by Gasteiger charge is -2.40. The second kappa shape index (κ2) is 5.10. The molecular formula is C13H21N3O2. The molecule has 1 aromatic heterocycles. The van der Waals surface area contributed by atoms with Crippen LogP contribution in [-0.4, -0.2) is 32.2 Å². The maximum atomic E-state index is 11.6. The number of carboxylic acid groups (broad SMARTS) is 1. The SMILES string of the molecule is CC(C)NC1(C(=O)O)CCCC(n2ccnc2)C1. The molecule has 0 spiro atoms. The zero-order chi connectivity index (χ0) is 13.2. The van der Waals surface area contributed by atoms with Crippen molar-refractivity contribution >= 4 is 5.97 Å². The van der Waals surface area contributed by atoms with Crippen molar-refractivity contribution < 1.29 is 9.90 Å². The van der Waals surface area contributed by atoms with Crippen molar-refractivity contribution in [1.29, 1.82) is 0 Å². The molecule has 5 nitrogen and oxygen atoms in total. The maximum Gasteiger partial charge on any atom is 0.323 e. The van der Waals surface area contributed by atoms with Gasteiger partial charge in [-0.15, -0.1) is 0 Å². The van der Waals surface area contributed by atoms with E-state index in [1.54, 1.807) is 12.5 Å². The molecule has 0 radical (unpaired) electrons. The third kappa shape index (κ3) is 2.56. The van der Waals surface area contributed by atoms with Gasteiger partial charge in [-0.25, -0.2) is 4.98 Å². The largest absolute Gasteiger partial charge is 0.480 e. The van der Waals surface area contributed by atoms with E-state index in [1.165, 1.54) is 0 Å². The predicted molar refractivity (Wildman–Crippen MR) is 68.4 cm³/mol. The van der Waals surface area contributed by atoms with Gasteiger partial charge in [0.2, 0.25) is 0 Å². The number of carbonyl (C=O) groups is 1. The molecule has 1 aliphatic rings. The quantitative estimate of drug-likeness (QED) is 0.856. The monoisotopic (exact) mass is 251 g/mol. The number of rotatable bonds is 4. The van der Waals surface area contributed by atoms with E-state index in [2.05, 4.69) is 10.3 Å². The van der Waals surface area contributed by atoms with Crippen LogP contribution in [0, 0.1) is 0 Å². The number of carboxylic acids is 1. The van der Waals surface area contributed by atoms with Crippen LogP contribution < -0.4 is 5.32 Å². The lowest BCUT2D eigenvalue weighted by atomic mass is 9.78. The van der Waals surface area contributed by atoms with E-state index in [1.807, 2.05) is 24.6 Å². The first kappa shape index (κ1) is 13.1. The van der Waals surface area contributed by atoms with Gasteiger partial charge in [0.1, 0.15) is 5.54 Å². The first-order chi connectivity index (χ1) is 8.53. The molecule has 2 unspecified atom stereocenters. The van der Waals surface area contributed by atoms with Gasteiger partial charge >= 0.3 is 5.97 Å². The summed E-state index contributed by atoms with van der Waals surface area (Å²) < 4.78 is 2.03. The molecule has 2 rings (SSSR count). The summed E-state index contributed by atoms with van der Waals surface area (Å²) in [5.74, 6) is -0.735. The molecule has 1 fully saturated rings. The fourth-order valence-electron chi connectivity index (χ4n) is 2.93. The van der Waals surface area contributed by atoms with Crippen molar-refractivity contribution in [1.82, 2.24) is 14.9 Å². The summed E-state index contributed by atoms with van der Waals surface area (Å²) in [6.07, 6.45) is 8.70. The first-order valence-electron chi connectivity index (χ1n) is 6.52. The molecule has 100 valence electrons. The van der Waals surface area contributed by atoms with E-state index in [0.29, 0.717) is 12.8 Å². The van der Waals surface area contributed by atoms with E-state index in [-0.39, 0.29) is 12.1 Å². The van der Waals surface area contributed by atoms with Gasteiger partial charge in [-0.1, -0.05) is 0 Å². The van der Waals surface area contributed by atoms with E-state index < -0.39 is 11.5 Å². The maximum absolute atomic E-state index is 11.6. The van der Waals surface area contributed by atoms with Gasteiger partial charge in [-0.05, 0) is 39.5 Å². The summed E-state index contributed by atoms with van der Waals surface area (Å²) in [5, 5.41) is 12.8. The van der Waals surface area contributed by atoms with Gasteiger partial charge in [0.05, 0.1) is 6.33 Å². The average molecular weight is 251 g/mol. The minimum Gasteiger partial charge on any atom is -0.480 e. The third-order valence-electron chi connectivity index (χ3n) is 3.65. The fourth-order valence-corrected chi connectivity index (χ4v) is 2.93. The second-order valence-electron chi connectivity index (χ2n) is 5.45. The van der Waals surface area contributed by atoms with Crippen molar-refractivity contribution in [2.45, 2.75) is 57.2 Å². The summed E-state index contributed by atoms with van der Waals surface area (Å²) in [7, 11) is 0. The van der Waals surface area contributed by atoms with Gasteiger partial charge in [0.25, 0.3) is 0 Å². The molecule has 2 N–H and O–H groups in total. The predicted octanol–water partition coefficient (Wildman–Crippen LogP) is 1.82. The molecule has 1 saturated carbocycles. The van der Waals surface area contributed by atoms with Crippen LogP contribution >= 0.6 is 0 Å². The minimum absolute atomic E-state index is 0.169. The number of hydrogen-bond donors (Lipinski definition) is 2. The second-order valence-corrected chi connectivity index (χ2v) is 5.45. The number of nitrogens with one attached hydrogen (secondary N) is 1. The highest BCUT2D eigenvalue weighted by atomic mass is 16.4. The van der Waals surface area contributed by atoms with Crippen LogP contribution in [0.2, 0.25) is 0 Å². The van der Waals surface area contributed by atoms with Crippen LogP contribution in [-0.2, 0) is 4.79 Å². The lowest BCUT2D eigenvalue weighted by Crippen LogP contribution is -2.57. The minimum atomic E-state index is -0.790. The smallest absolute Gasteiger partial charge is 0.323 e. The zero-order valence-corrected chi connectivity index (χ0v) is 11.0. The molecule has 0 aliphatic heterocycles. The van der Waals surface area contributed by atoms with Crippen LogP contribution in [0.5, 0.6) is 0 Å². The van der Waals surface area contributed by atoms with Crippen LogP contribution in [0.25, 0.3) is 0 Å². The standard InChI is InChI=1S/C13H21N3O2/c1-10(2)15-13(12(17)18)5-3-4-11(8-13)16-7-6-14-9-16/h6-7,9-11,15H,3-5,8H2,1-2H3,(H,17,18). The van der Waals surface area contributed by atoms with Crippen LogP contribution in [0.1, 0.15) is 45.6 Å². The Kier molecular flexibility index (Phi) is 3.71. The van der Waals surface area contributed by atoms with Crippen LogP contribution in [0.15, 0.2) is 18.7 Å². The lowest BCUT2D eigenvalue weighted by molar-refractivity contribution is -0.147. The molecule has 5 heteroatoms. The molecule has 0 bridgehead atoms. The van der Waals surface area contributed by atoms with Crippen molar-refractivity contribution in [2.75, 3.05) is 0 Å². The Morgan fingerprint density at radius 2 is 2.39 bits per heavy atom. The zero-order valence-electron chi connectivity index (χ0n) is 11.0. The van der Waals surface area contributed by atoms with Crippen molar-refractivity contribution in [3.8, 4) is 0 Å². The molecule has 1 aliphatic carbocycles. The van der Waals surface area contributed by atoms with Crippen molar-refractivity contribution in [3.63, 3.8) is 0 Å². The normalized spacial score (nSPS) is 28.5. The van der Waals surface area contributed by atoms with E-state index in [4.69, 9.17) is 0 Å². The van der Waals surface area contributed by atoms with Crippen molar-refractivity contribution in [2.24, 2.45) is 0 Å². The highest BCUT2D eigenvalue weighted by Gasteiger charge is 2.43. The molecule has 0 amide bonds. The first-order valence-corrected chi connectivity index (χ1v) is 6.52. The summed E-state index contributed by atoms with van der Waals surface area (Å²) in [6.45, 7) is 3.98. The Balaban J connectivity index is 2.18. The molecule has 2 atom stereocenters. The Morgan fingerprint density at radius 3 is 2.94 bits per heavy atom. The molecule has 1 heterocycles. The van der Waals surface area contributed by atoms with Gasteiger partial charge in [-0.2, -0.15) is 0 Å². The molecule has 18 heavy (non-hydrogen) atoms. The molecule has 0 aromatic carbocycles. The van der Waals surface area contributed by atoms with Gasteiger partial charge in [-0.3, -0.25) is 10.1 Å². The Bertz CT molecular complexity index is 402. The van der Waals surface area contributed by atoms with Gasteiger partial charge in [0, 0.05) is 24.5 Å².